The molecule has 20 heavy (non-hydrogen) atoms. The van der Waals surface area contributed by atoms with Crippen molar-refractivity contribution in [3.05, 3.63) is 53.5 Å². The van der Waals surface area contributed by atoms with Gasteiger partial charge in [0.25, 0.3) is 0 Å². The van der Waals surface area contributed by atoms with Crippen LogP contribution in [0, 0.1) is 0 Å². The minimum Gasteiger partial charge on any atom is -0.493 e. The Morgan fingerprint density at radius 3 is 2.95 bits per heavy atom. The van der Waals surface area contributed by atoms with Crippen molar-refractivity contribution in [1.29, 1.82) is 0 Å². The quantitative estimate of drug-likeness (QED) is 0.895. The van der Waals surface area contributed by atoms with Crippen molar-refractivity contribution in [3.8, 4) is 5.75 Å². The number of aromatic carboxylic acids is 1. The van der Waals surface area contributed by atoms with Crippen LogP contribution in [0.5, 0.6) is 5.75 Å². The number of furan rings is 1. The number of hydrogen-bond acceptors (Lipinski definition) is 4. The molecule has 1 aromatic heterocycles. The van der Waals surface area contributed by atoms with E-state index in [1.165, 1.54) is 6.07 Å². The second kappa shape index (κ2) is 5.38. The summed E-state index contributed by atoms with van der Waals surface area (Å²) in [5.74, 6) is 0.440. The van der Waals surface area contributed by atoms with Crippen LogP contribution < -0.4 is 10.1 Å². The number of ether oxygens (including phenoxy) is 1. The van der Waals surface area contributed by atoms with E-state index in [1.54, 1.807) is 6.07 Å². The van der Waals surface area contributed by atoms with Crippen LogP contribution in [0.25, 0.3) is 0 Å². The van der Waals surface area contributed by atoms with Crippen molar-refractivity contribution in [2.45, 2.75) is 19.0 Å². The fourth-order valence-electron chi connectivity index (χ4n) is 2.37. The molecule has 0 amide bonds. The first-order valence-corrected chi connectivity index (χ1v) is 6.51. The van der Waals surface area contributed by atoms with Crippen molar-refractivity contribution in [2.75, 3.05) is 6.61 Å². The molecule has 2 aromatic rings. The van der Waals surface area contributed by atoms with E-state index in [2.05, 4.69) is 5.32 Å². The second-order valence-electron chi connectivity index (χ2n) is 4.68. The van der Waals surface area contributed by atoms with E-state index in [1.807, 2.05) is 24.3 Å². The first-order chi connectivity index (χ1) is 9.74. The zero-order valence-electron chi connectivity index (χ0n) is 10.8. The third kappa shape index (κ3) is 2.53. The summed E-state index contributed by atoms with van der Waals surface area (Å²) in [5.41, 5.74) is 1.13. The number of fused-ring (bicyclic) bond motifs is 1. The van der Waals surface area contributed by atoms with Crippen molar-refractivity contribution in [3.63, 3.8) is 0 Å². The number of carboxylic acid groups (broad SMARTS) is 1. The number of hydrogen-bond donors (Lipinski definition) is 2. The van der Waals surface area contributed by atoms with Gasteiger partial charge in [-0.05, 0) is 18.2 Å². The van der Waals surface area contributed by atoms with Crippen LogP contribution in [0.15, 0.2) is 40.8 Å². The van der Waals surface area contributed by atoms with Crippen molar-refractivity contribution in [2.24, 2.45) is 0 Å². The fourth-order valence-corrected chi connectivity index (χ4v) is 2.37. The molecule has 0 radical (unpaired) electrons. The molecule has 1 unspecified atom stereocenters. The van der Waals surface area contributed by atoms with E-state index >= 15 is 0 Å². The molecular formula is C15H15NO4. The summed E-state index contributed by atoms with van der Waals surface area (Å²) in [4.78, 5) is 10.8. The predicted molar refractivity (Wildman–Crippen MR) is 71.8 cm³/mol. The number of nitrogens with one attached hydrogen (secondary N) is 1. The minimum absolute atomic E-state index is 0.0332. The fraction of sp³-hybridized carbons (Fsp3) is 0.267. The molecule has 2 heterocycles. The van der Waals surface area contributed by atoms with Crippen LogP contribution in [0.1, 0.15) is 34.3 Å². The highest BCUT2D eigenvalue weighted by Crippen LogP contribution is 2.31. The molecule has 0 spiro atoms. The number of benzene rings is 1. The van der Waals surface area contributed by atoms with Gasteiger partial charge < -0.3 is 19.6 Å². The molecule has 0 saturated heterocycles. The van der Waals surface area contributed by atoms with Crippen molar-refractivity contribution < 1.29 is 19.1 Å². The lowest BCUT2D eigenvalue weighted by Gasteiger charge is -2.26. The number of carboxylic acids is 1. The Morgan fingerprint density at radius 1 is 1.30 bits per heavy atom. The van der Waals surface area contributed by atoms with Crippen LogP contribution in [0.3, 0.4) is 0 Å². The molecule has 0 aliphatic carbocycles. The van der Waals surface area contributed by atoms with E-state index in [0.717, 1.165) is 17.7 Å². The van der Waals surface area contributed by atoms with Gasteiger partial charge in [0.1, 0.15) is 11.5 Å². The van der Waals surface area contributed by atoms with Crippen LogP contribution in [0.2, 0.25) is 0 Å². The van der Waals surface area contributed by atoms with Gasteiger partial charge in [-0.1, -0.05) is 18.2 Å². The van der Waals surface area contributed by atoms with Crippen LogP contribution in [0.4, 0.5) is 0 Å². The normalized spacial score (nSPS) is 17.3. The van der Waals surface area contributed by atoms with Gasteiger partial charge in [0.15, 0.2) is 0 Å². The van der Waals surface area contributed by atoms with Crippen LogP contribution in [-0.2, 0) is 6.54 Å². The maximum absolute atomic E-state index is 10.8. The van der Waals surface area contributed by atoms with Gasteiger partial charge in [-0.3, -0.25) is 0 Å². The summed E-state index contributed by atoms with van der Waals surface area (Å²) in [6.45, 7) is 1.17. The maximum Gasteiger partial charge on any atom is 0.371 e. The third-order valence-corrected chi connectivity index (χ3v) is 3.35. The van der Waals surface area contributed by atoms with E-state index in [4.69, 9.17) is 14.3 Å². The monoisotopic (exact) mass is 273 g/mol. The van der Waals surface area contributed by atoms with Crippen molar-refractivity contribution >= 4 is 5.97 Å². The maximum atomic E-state index is 10.8. The van der Waals surface area contributed by atoms with Crippen LogP contribution >= 0.6 is 0 Å². The SMILES string of the molecule is O=C(O)c1ccc(CNC2CCOc3ccccc32)o1. The van der Waals surface area contributed by atoms with Crippen LogP contribution in [-0.4, -0.2) is 17.7 Å². The zero-order chi connectivity index (χ0) is 13.9. The average Bonchev–Trinajstić information content (AvgIpc) is 2.94. The molecule has 0 saturated carbocycles. The molecule has 0 fully saturated rings. The summed E-state index contributed by atoms with van der Waals surface area (Å²) in [6.07, 6.45) is 0.878. The van der Waals surface area contributed by atoms with Gasteiger partial charge in [0.05, 0.1) is 13.2 Å². The molecule has 104 valence electrons. The highest BCUT2D eigenvalue weighted by molar-refractivity contribution is 5.84. The molecule has 1 aliphatic rings. The number of rotatable bonds is 4. The average molecular weight is 273 g/mol. The van der Waals surface area contributed by atoms with Gasteiger partial charge in [-0.15, -0.1) is 0 Å². The second-order valence-corrected chi connectivity index (χ2v) is 4.68. The van der Waals surface area contributed by atoms with Gasteiger partial charge in [0, 0.05) is 18.0 Å². The summed E-state index contributed by atoms with van der Waals surface area (Å²) in [6, 6.07) is 11.3. The molecule has 5 nitrogen and oxygen atoms in total. The predicted octanol–water partition coefficient (Wildman–Crippen LogP) is 2.59. The Hall–Kier alpha value is -2.27. The molecule has 1 aliphatic heterocycles. The number of carbonyl (C=O) groups is 1. The van der Waals surface area contributed by atoms with Gasteiger partial charge in [0.2, 0.25) is 5.76 Å². The summed E-state index contributed by atoms with van der Waals surface area (Å²) in [7, 11) is 0. The Bertz CT molecular complexity index is 620. The summed E-state index contributed by atoms with van der Waals surface area (Å²) >= 11 is 0. The van der Waals surface area contributed by atoms with Crippen molar-refractivity contribution in [1.82, 2.24) is 5.32 Å². The number of para-hydroxylation sites is 1. The minimum atomic E-state index is -1.05. The smallest absolute Gasteiger partial charge is 0.371 e. The molecular weight excluding hydrogens is 258 g/mol. The van der Waals surface area contributed by atoms with Gasteiger partial charge >= 0.3 is 5.97 Å². The van der Waals surface area contributed by atoms with E-state index < -0.39 is 5.97 Å². The lowest BCUT2D eigenvalue weighted by atomic mass is 10.0. The van der Waals surface area contributed by atoms with Gasteiger partial charge in [-0.25, -0.2) is 4.79 Å². The zero-order valence-corrected chi connectivity index (χ0v) is 10.8. The molecule has 1 atom stereocenters. The Kier molecular flexibility index (Phi) is 3.43. The molecule has 1 aromatic carbocycles. The third-order valence-electron chi connectivity index (χ3n) is 3.35. The van der Waals surface area contributed by atoms with E-state index in [0.29, 0.717) is 18.9 Å². The Morgan fingerprint density at radius 2 is 2.15 bits per heavy atom. The Labute approximate surface area is 116 Å². The molecule has 2 N–H and O–H groups in total. The lowest BCUT2D eigenvalue weighted by Crippen LogP contribution is -2.26. The topological polar surface area (TPSA) is 71.7 Å². The Balaban J connectivity index is 1.68. The van der Waals surface area contributed by atoms with E-state index in [-0.39, 0.29) is 11.8 Å². The van der Waals surface area contributed by atoms with E-state index in [9.17, 15) is 4.79 Å². The lowest BCUT2D eigenvalue weighted by molar-refractivity contribution is 0.0660. The molecule has 5 heteroatoms. The first-order valence-electron chi connectivity index (χ1n) is 6.51. The molecule has 0 bridgehead atoms. The highest BCUT2D eigenvalue weighted by atomic mass is 16.5. The summed E-state index contributed by atoms with van der Waals surface area (Å²) in [5, 5.41) is 12.2. The first kappa shape index (κ1) is 12.7. The molecule has 3 rings (SSSR count). The summed E-state index contributed by atoms with van der Waals surface area (Å²) < 4.78 is 10.8. The largest absolute Gasteiger partial charge is 0.493 e. The van der Waals surface area contributed by atoms with Gasteiger partial charge in [-0.2, -0.15) is 0 Å². The standard InChI is InChI=1S/C15H15NO4/c17-15(18)14-6-5-10(20-14)9-16-12-7-8-19-13-4-2-1-3-11(12)13/h1-6,12,16H,7-9H2,(H,17,18). The highest BCUT2D eigenvalue weighted by Gasteiger charge is 2.20.